The maximum absolute atomic E-state index is 12.8. The van der Waals surface area contributed by atoms with Gasteiger partial charge in [-0.1, -0.05) is 47.5 Å². The molecule has 2 aromatic rings. The van der Waals surface area contributed by atoms with Crippen molar-refractivity contribution in [3.63, 3.8) is 0 Å². The zero-order chi connectivity index (χ0) is 17.3. The van der Waals surface area contributed by atoms with Crippen LogP contribution in [0.2, 0.25) is 0 Å². The number of aliphatic carboxylic acids is 1. The van der Waals surface area contributed by atoms with Crippen LogP contribution >= 0.6 is 0 Å². The van der Waals surface area contributed by atoms with Crippen LogP contribution in [-0.4, -0.2) is 11.9 Å². The van der Waals surface area contributed by atoms with E-state index in [9.17, 15) is 14.7 Å². The fraction of sp³-hybridized carbons (Fsp3) is 0.300. The molecule has 124 valence electrons. The third-order valence-electron chi connectivity index (χ3n) is 4.95. The Bertz CT molecular complexity index is 832. The Balaban J connectivity index is 1.89. The highest BCUT2D eigenvalue weighted by molar-refractivity contribution is 6.03. The van der Waals surface area contributed by atoms with Gasteiger partial charge in [-0.2, -0.15) is 0 Å². The van der Waals surface area contributed by atoms with E-state index >= 15 is 0 Å². The molecule has 0 spiro atoms. The summed E-state index contributed by atoms with van der Waals surface area (Å²) in [5.74, 6) is -2.78. The van der Waals surface area contributed by atoms with Crippen molar-refractivity contribution >= 4 is 28.3 Å². The first kappa shape index (κ1) is 16.2. The number of benzene rings is 2. The van der Waals surface area contributed by atoms with Gasteiger partial charge in [0.25, 0.3) is 0 Å². The van der Waals surface area contributed by atoms with Gasteiger partial charge >= 0.3 is 0 Å². The summed E-state index contributed by atoms with van der Waals surface area (Å²) < 4.78 is 0. The van der Waals surface area contributed by atoms with Gasteiger partial charge < -0.3 is 15.2 Å². The second kappa shape index (κ2) is 6.48. The molecule has 0 aliphatic heterocycles. The predicted molar refractivity (Wildman–Crippen MR) is 92.2 cm³/mol. The number of rotatable bonds is 3. The Morgan fingerprint density at radius 2 is 1.58 bits per heavy atom. The van der Waals surface area contributed by atoms with Crippen LogP contribution in [0.15, 0.2) is 53.6 Å². The highest BCUT2D eigenvalue weighted by atomic mass is 16.4. The number of hydrogen-bond acceptors (Lipinski definition) is 3. The Kier molecular flexibility index (Phi) is 4.38. The molecule has 0 saturated carbocycles. The van der Waals surface area contributed by atoms with Gasteiger partial charge in [-0.25, -0.2) is 0 Å². The second-order valence-corrected chi connectivity index (χ2v) is 6.52. The molecule has 2 aromatic carbocycles. The summed E-state index contributed by atoms with van der Waals surface area (Å²) in [5.41, 5.74) is 2.84. The first-order valence-electron chi connectivity index (χ1n) is 8.12. The van der Waals surface area contributed by atoms with Gasteiger partial charge in [-0.3, -0.25) is 4.79 Å². The van der Waals surface area contributed by atoms with E-state index in [0.29, 0.717) is 18.5 Å². The van der Waals surface area contributed by atoms with Crippen molar-refractivity contribution in [3.8, 4) is 0 Å². The van der Waals surface area contributed by atoms with E-state index in [0.717, 1.165) is 21.9 Å². The summed E-state index contributed by atoms with van der Waals surface area (Å²) >= 11 is 0. The summed E-state index contributed by atoms with van der Waals surface area (Å²) in [6.45, 7) is 3.88. The number of hydrogen-bond donors (Lipinski definition) is 1. The lowest BCUT2D eigenvalue weighted by atomic mass is 9.76. The topological polar surface area (TPSA) is 69.2 Å². The van der Waals surface area contributed by atoms with E-state index in [1.165, 1.54) is 0 Å². The van der Waals surface area contributed by atoms with E-state index in [4.69, 9.17) is 0 Å². The minimum atomic E-state index is -1.15. The highest BCUT2D eigenvalue weighted by Crippen LogP contribution is 2.35. The number of nitrogens with one attached hydrogen (secondary N) is 1. The number of carbonyl (C=O) groups is 2. The molecule has 0 saturated heterocycles. The van der Waals surface area contributed by atoms with Crippen molar-refractivity contribution in [3.05, 3.63) is 53.6 Å². The molecule has 4 nitrogen and oxygen atoms in total. The van der Waals surface area contributed by atoms with Crippen LogP contribution in [0.5, 0.6) is 0 Å². The molecule has 0 radical (unpaired) electrons. The van der Waals surface area contributed by atoms with Crippen LogP contribution in [0.3, 0.4) is 0 Å². The Morgan fingerprint density at radius 1 is 0.958 bits per heavy atom. The fourth-order valence-electron chi connectivity index (χ4n) is 3.38. The Morgan fingerprint density at radius 3 is 2.29 bits per heavy atom. The van der Waals surface area contributed by atoms with Gasteiger partial charge in [-0.05, 0) is 38.1 Å². The van der Waals surface area contributed by atoms with Crippen molar-refractivity contribution in [2.45, 2.75) is 26.7 Å². The summed E-state index contributed by atoms with van der Waals surface area (Å²) in [6.07, 6.45) is 0.836. The molecule has 3 rings (SSSR count). The van der Waals surface area contributed by atoms with Crippen molar-refractivity contribution in [1.82, 2.24) is 0 Å². The number of carboxylic acid groups (broad SMARTS) is 1. The smallest absolute Gasteiger partial charge is 0.228 e. The highest BCUT2D eigenvalue weighted by Gasteiger charge is 2.33. The van der Waals surface area contributed by atoms with E-state index in [2.05, 4.69) is 5.32 Å². The van der Waals surface area contributed by atoms with Crippen molar-refractivity contribution in [2.75, 3.05) is 5.32 Å². The first-order valence-corrected chi connectivity index (χ1v) is 8.12. The van der Waals surface area contributed by atoms with E-state index in [-0.39, 0.29) is 5.91 Å². The minimum Gasteiger partial charge on any atom is -0.550 e. The van der Waals surface area contributed by atoms with Crippen LogP contribution < -0.4 is 10.4 Å². The normalized spacial score (nSPS) is 20.9. The van der Waals surface area contributed by atoms with Gasteiger partial charge in [0, 0.05) is 23.0 Å². The number of fused-ring (bicyclic) bond motifs is 1. The largest absolute Gasteiger partial charge is 0.550 e. The standard InChI is InChI=1S/C20H21NO3/c1-12-10-16(17(20(23)24)11-13(12)2)19(22)21-18-9-5-7-14-6-3-4-8-15(14)18/h3-9,16-17H,10-11H2,1-2H3,(H,21,22)(H,23,24)/p-1/t16-,17+/m0/s1. The van der Waals surface area contributed by atoms with Gasteiger partial charge in [0.2, 0.25) is 5.91 Å². The molecule has 0 heterocycles. The summed E-state index contributed by atoms with van der Waals surface area (Å²) in [4.78, 5) is 24.2. The summed E-state index contributed by atoms with van der Waals surface area (Å²) in [6, 6.07) is 13.5. The van der Waals surface area contributed by atoms with Gasteiger partial charge in [0.15, 0.2) is 0 Å². The monoisotopic (exact) mass is 322 g/mol. The molecule has 0 bridgehead atoms. The molecule has 1 aliphatic carbocycles. The van der Waals surface area contributed by atoms with E-state index in [1.54, 1.807) is 0 Å². The summed E-state index contributed by atoms with van der Waals surface area (Å²) in [5, 5.41) is 16.4. The van der Waals surface area contributed by atoms with Crippen LogP contribution in [0.25, 0.3) is 10.8 Å². The third kappa shape index (κ3) is 3.04. The SMILES string of the molecule is CC1=C(C)C[C@@H](C(=O)[O-])[C@@H](C(=O)Nc2cccc3ccccc23)C1. The van der Waals surface area contributed by atoms with Crippen LogP contribution in [0.1, 0.15) is 26.7 Å². The molecule has 0 aromatic heterocycles. The molecular weight excluding hydrogens is 302 g/mol. The number of allylic oxidation sites excluding steroid dienone is 2. The first-order chi connectivity index (χ1) is 11.5. The lowest BCUT2D eigenvalue weighted by molar-refractivity contribution is -0.313. The lowest BCUT2D eigenvalue weighted by Crippen LogP contribution is -2.42. The minimum absolute atomic E-state index is 0.257. The second-order valence-electron chi connectivity index (χ2n) is 6.52. The van der Waals surface area contributed by atoms with Crippen LogP contribution in [0.4, 0.5) is 5.69 Å². The Labute approximate surface area is 141 Å². The molecular formula is C20H20NO3-. The molecule has 0 unspecified atom stereocenters. The molecule has 0 fully saturated rings. The lowest BCUT2D eigenvalue weighted by Gasteiger charge is -2.32. The third-order valence-corrected chi connectivity index (χ3v) is 4.95. The van der Waals surface area contributed by atoms with Gasteiger partial charge in [-0.15, -0.1) is 0 Å². The number of anilines is 1. The average molecular weight is 322 g/mol. The number of carbonyl (C=O) groups excluding carboxylic acids is 2. The average Bonchev–Trinajstić information content (AvgIpc) is 2.57. The molecule has 4 heteroatoms. The fourth-order valence-corrected chi connectivity index (χ4v) is 3.38. The van der Waals surface area contributed by atoms with Crippen molar-refractivity contribution in [2.24, 2.45) is 11.8 Å². The number of carboxylic acids is 1. The molecule has 24 heavy (non-hydrogen) atoms. The maximum Gasteiger partial charge on any atom is 0.228 e. The number of amides is 1. The summed E-state index contributed by atoms with van der Waals surface area (Å²) in [7, 11) is 0. The quantitative estimate of drug-likeness (QED) is 0.883. The van der Waals surface area contributed by atoms with Crippen LogP contribution in [-0.2, 0) is 9.59 Å². The van der Waals surface area contributed by atoms with E-state index in [1.807, 2.05) is 56.3 Å². The molecule has 1 amide bonds. The van der Waals surface area contributed by atoms with Gasteiger partial charge in [0.05, 0.1) is 5.92 Å². The zero-order valence-electron chi connectivity index (χ0n) is 13.8. The molecule has 1 aliphatic rings. The molecule has 2 atom stereocenters. The molecule has 1 N–H and O–H groups in total. The van der Waals surface area contributed by atoms with Crippen molar-refractivity contribution in [1.29, 1.82) is 0 Å². The van der Waals surface area contributed by atoms with E-state index < -0.39 is 17.8 Å². The van der Waals surface area contributed by atoms with Gasteiger partial charge in [0.1, 0.15) is 0 Å². The maximum atomic E-state index is 12.8. The predicted octanol–water partition coefficient (Wildman–Crippen LogP) is 2.89. The Hall–Kier alpha value is -2.62. The van der Waals surface area contributed by atoms with Crippen LogP contribution in [0, 0.1) is 11.8 Å². The van der Waals surface area contributed by atoms with Crippen molar-refractivity contribution < 1.29 is 14.7 Å². The zero-order valence-corrected chi connectivity index (χ0v) is 13.8.